The number of aromatic nitrogens is 5. The van der Waals surface area contributed by atoms with E-state index in [4.69, 9.17) is 9.97 Å². The average molecular weight is 502 g/mol. The van der Waals surface area contributed by atoms with E-state index in [0.717, 1.165) is 18.8 Å². The van der Waals surface area contributed by atoms with Gasteiger partial charge in [-0.15, -0.1) is 0 Å². The highest BCUT2D eigenvalue weighted by Gasteiger charge is 2.46. The summed E-state index contributed by atoms with van der Waals surface area (Å²) in [6.07, 6.45) is 4.04. The van der Waals surface area contributed by atoms with Crippen molar-refractivity contribution < 1.29 is 4.39 Å². The fraction of sp³-hybridized carbons (Fsp3) is 0.429. The lowest BCUT2D eigenvalue weighted by atomic mass is 9.88. The third-order valence-electron chi connectivity index (χ3n) is 7.66. The first-order valence-corrected chi connectivity index (χ1v) is 12.9. The maximum Gasteiger partial charge on any atom is 0.278 e. The molecule has 0 atom stereocenters. The number of pyridine rings is 1. The first-order chi connectivity index (χ1) is 17.7. The molecular formula is C28H32FN7O. The van der Waals surface area contributed by atoms with E-state index in [0.29, 0.717) is 33.9 Å². The minimum atomic E-state index is -0.746. The summed E-state index contributed by atoms with van der Waals surface area (Å²) >= 11 is 0. The van der Waals surface area contributed by atoms with Crippen LogP contribution in [0.3, 0.4) is 0 Å². The summed E-state index contributed by atoms with van der Waals surface area (Å²) in [5.41, 5.74) is 4.09. The van der Waals surface area contributed by atoms with Gasteiger partial charge in [-0.2, -0.15) is 4.98 Å². The summed E-state index contributed by atoms with van der Waals surface area (Å²) < 4.78 is 17.1. The van der Waals surface area contributed by atoms with Crippen LogP contribution in [0, 0.1) is 0 Å². The summed E-state index contributed by atoms with van der Waals surface area (Å²) in [4.78, 5) is 27.3. The Morgan fingerprint density at radius 2 is 2.00 bits per heavy atom. The van der Waals surface area contributed by atoms with Crippen LogP contribution < -0.4 is 16.2 Å². The number of benzene rings is 1. The molecule has 0 saturated heterocycles. The summed E-state index contributed by atoms with van der Waals surface area (Å²) in [6, 6.07) is 11.8. The number of hydrogen-bond acceptors (Lipinski definition) is 6. The average Bonchev–Trinajstić information content (AvgIpc) is 3.59. The van der Waals surface area contributed by atoms with Gasteiger partial charge in [0.1, 0.15) is 12.1 Å². The van der Waals surface area contributed by atoms with Crippen molar-refractivity contribution in [1.29, 1.82) is 0 Å². The largest absolute Gasteiger partial charge is 0.324 e. The van der Waals surface area contributed by atoms with Crippen LogP contribution in [0.25, 0.3) is 16.9 Å². The zero-order chi connectivity index (χ0) is 25.9. The molecule has 1 aliphatic carbocycles. The van der Waals surface area contributed by atoms with Crippen LogP contribution in [-0.4, -0.2) is 37.5 Å². The Hall–Kier alpha value is -3.59. The predicted molar refractivity (Wildman–Crippen MR) is 143 cm³/mol. The van der Waals surface area contributed by atoms with Crippen LogP contribution in [-0.2, 0) is 17.4 Å². The first-order valence-electron chi connectivity index (χ1n) is 12.9. The topological polar surface area (TPSA) is 89.7 Å². The molecule has 0 radical (unpaired) electrons. The molecule has 0 unspecified atom stereocenters. The van der Waals surface area contributed by atoms with Crippen molar-refractivity contribution >= 4 is 22.7 Å². The maximum atomic E-state index is 13.7. The SMILES string of the molecule is CC(C)n1c(=O)c2cnc(Nc3ccc4c(c3)CNCC43CC3)nc2n1-c1cccc(C(C)(C)CF)n1. The van der Waals surface area contributed by atoms with Crippen LogP contribution in [0.5, 0.6) is 0 Å². The highest BCUT2D eigenvalue weighted by molar-refractivity contribution is 5.77. The second-order valence-corrected chi connectivity index (χ2v) is 11.3. The summed E-state index contributed by atoms with van der Waals surface area (Å²) in [6.45, 7) is 8.85. The molecule has 2 N–H and O–H groups in total. The number of fused-ring (bicyclic) bond motifs is 3. The Kier molecular flexibility index (Phi) is 5.45. The van der Waals surface area contributed by atoms with Crippen molar-refractivity contribution in [3.63, 3.8) is 0 Å². The summed E-state index contributed by atoms with van der Waals surface area (Å²) in [7, 11) is 0. The maximum absolute atomic E-state index is 13.7. The number of nitrogens with zero attached hydrogens (tertiary/aromatic N) is 5. The van der Waals surface area contributed by atoms with Crippen LogP contribution in [0.15, 0.2) is 47.4 Å². The Morgan fingerprint density at radius 3 is 2.73 bits per heavy atom. The molecule has 1 saturated carbocycles. The Balaban J connectivity index is 1.44. The van der Waals surface area contributed by atoms with Gasteiger partial charge in [0.2, 0.25) is 5.95 Å². The Morgan fingerprint density at radius 1 is 1.19 bits per heavy atom. The van der Waals surface area contributed by atoms with Gasteiger partial charge in [0.05, 0.1) is 5.69 Å². The molecule has 1 spiro atoms. The third kappa shape index (κ3) is 3.92. The smallest absolute Gasteiger partial charge is 0.278 e. The quantitative estimate of drug-likeness (QED) is 0.399. The van der Waals surface area contributed by atoms with Gasteiger partial charge in [0.25, 0.3) is 5.56 Å². The van der Waals surface area contributed by atoms with E-state index in [1.807, 2.05) is 45.9 Å². The zero-order valence-corrected chi connectivity index (χ0v) is 21.7. The fourth-order valence-electron chi connectivity index (χ4n) is 5.33. The lowest BCUT2D eigenvalue weighted by Gasteiger charge is -2.26. The molecule has 9 heteroatoms. The van der Waals surface area contributed by atoms with Crippen LogP contribution in [0.4, 0.5) is 16.0 Å². The molecule has 0 bridgehead atoms. The number of anilines is 2. The molecule has 4 aromatic rings. The van der Waals surface area contributed by atoms with E-state index in [-0.39, 0.29) is 11.6 Å². The van der Waals surface area contributed by atoms with Crippen molar-refractivity contribution in [1.82, 2.24) is 29.6 Å². The Bertz CT molecular complexity index is 1560. The van der Waals surface area contributed by atoms with Crippen molar-refractivity contribution in [3.8, 4) is 5.82 Å². The van der Waals surface area contributed by atoms with Crippen molar-refractivity contribution in [2.24, 2.45) is 0 Å². The van der Waals surface area contributed by atoms with E-state index in [1.54, 1.807) is 15.6 Å². The lowest BCUT2D eigenvalue weighted by molar-refractivity contribution is 0.343. The second-order valence-electron chi connectivity index (χ2n) is 11.3. The number of rotatable bonds is 6. The standard InChI is InChI=1S/C28H32FN7O/c1-17(2)35-25(37)20-14-31-26(32-19-8-9-21-18(12-19)13-30-16-28(21)10-11-28)34-24(20)36(35)23-7-5-6-22(33-23)27(3,4)15-29/h5-9,12,14,17,30H,10-11,13,15-16H2,1-4H3,(H,31,32,34). The van der Waals surface area contributed by atoms with Gasteiger partial charge >= 0.3 is 0 Å². The number of hydrogen-bond donors (Lipinski definition) is 2. The van der Waals surface area contributed by atoms with Crippen molar-refractivity contribution in [2.75, 3.05) is 18.5 Å². The highest BCUT2D eigenvalue weighted by atomic mass is 19.1. The second kappa shape index (κ2) is 8.48. The molecule has 37 heavy (non-hydrogen) atoms. The van der Waals surface area contributed by atoms with E-state index in [1.165, 1.54) is 24.0 Å². The molecule has 192 valence electrons. The lowest BCUT2D eigenvalue weighted by Crippen LogP contribution is -2.33. The van der Waals surface area contributed by atoms with Crippen molar-refractivity contribution in [2.45, 2.75) is 64.0 Å². The van der Waals surface area contributed by atoms with E-state index >= 15 is 0 Å². The fourth-order valence-corrected chi connectivity index (χ4v) is 5.33. The molecule has 1 fully saturated rings. The molecule has 0 amide bonds. The van der Waals surface area contributed by atoms with Gasteiger partial charge in [0.15, 0.2) is 11.5 Å². The monoisotopic (exact) mass is 501 g/mol. The zero-order valence-electron chi connectivity index (χ0n) is 21.7. The molecule has 8 nitrogen and oxygen atoms in total. The first kappa shape index (κ1) is 23.8. The Labute approximate surface area is 214 Å². The van der Waals surface area contributed by atoms with Gasteiger partial charge in [-0.1, -0.05) is 26.0 Å². The molecule has 1 aromatic carbocycles. The number of nitrogens with one attached hydrogen (secondary N) is 2. The molecule has 1 aliphatic heterocycles. The van der Waals surface area contributed by atoms with Crippen LogP contribution in [0.2, 0.25) is 0 Å². The number of alkyl halides is 1. The van der Waals surface area contributed by atoms with Crippen molar-refractivity contribution in [3.05, 3.63) is 69.8 Å². The van der Waals surface area contributed by atoms with Gasteiger partial charge in [-0.05, 0) is 62.1 Å². The van der Waals surface area contributed by atoms with E-state index in [9.17, 15) is 9.18 Å². The molecule has 6 rings (SSSR count). The van der Waals surface area contributed by atoms with Gasteiger partial charge in [-0.25, -0.2) is 19.3 Å². The molecule has 3 aromatic heterocycles. The summed E-state index contributed by atoms with van der Waals surface area (Å²) in [5.74, 6) is 0.909. The van der Waals surface area contributed by atoms with E-state index in [2.05, 4.69) is 33.8 Å². The third-order valence-corrected chi connectivity index (χ3v) is 7.66. The molecule has 4 heterocycles. The molecule has 2 aliphatic rings. The van der Waals surface area contributed by atoms with Gasteiger partial charge in [0, 0.05) is 41.8 Å². The number of halogens is 1. The van der Waals surface area contributed by atoms with Gasteiger partial charge < -0.3 is 10.6 Å². The van der Waals surface area contributed by atoms with E-state index < -0.39 is 12.1 Å². The summed E-state index contributed by atoms with van der Waals surface area (Å²) in [5, 5.41) is 7.28. The van der Waals surface area contributed by atoms with Crippen LogP contribution >= 0.6 is 0 Å². The molecular weight excluding hydrogens is 469 g/mol. The highest BCUT2D eigenvalue weighted by Crippen LogP contribution is 2.50. The minimum absolute atomic E-state index is 0.152. The predicted octanol–water partition coefficient (Wildman–Crippen LogP) is 4.68. The normalized spacial score (nSPS) is 16.4. The minimum Gasteiger partial charge on any atom is -0.324 e. The van der Waals surface area contributed by atoms with Gasteiger partial charge in [-0.3, -0.25) is 9.18 Å². The van der Waals surface area contributed by atoms with Crippen LogP contribution in [0.1, 0.15) is 63.4 Å².